The number of benzene rings is 1. The fourth-order valence-corrected chi connectivity index (χ4v) is 1.46. The Morgan fingerprint density at radius 3 is 2.15 bits per heavy atom. The highest BCUT2D eigenvalue weighted by Gasteiger charge is 2.27. The monoisotopic (exact) mass is 287 g/mol. The highest BCUT2D eigenvalue weighted by Crippen LogP contribution is 2.38. The SMILES string of the molecule is COc1cc([N+](=O)[O-])c(NCC(O)CO)c([N+](=O)[O-])c1. The van der Waals surface area contributed by atoms with Gasteiger partial charge in [0, 0.05) is 6.54 Å². The Kier molecular flexibility index (Phi) is 5.17. The number of nitrogens with zero attached hydrogens (tertiary/aromatic N) is 2. The number of aliphatic hydroxyl groups excluding tert-OH is 2. The van der Waals surface area contributed by atoms with Gasteiger partial charge in [-0.1, -0.05) is 0 Å². The zero-order valence-corrected chi connectivity index (χ0v) is 10.5. The van der Waals surface area contributed by atoms with Crippen LogP contribution in [-0.4, -0.2) is 46.4 Å². The summed E-state index contributed by atoms with van der Waals surface area (Å²) in [4.78, 5) is 20.3. The van der Waals surface area contributed by atoms with E-state index < -0.39 is 33.9 Å². The molecular formula is C10H13N3O7. The summed E-state index contributed by atoms with van der Waals surface area (Å²) in [5.74, 6) is -0.0309. The first-order valence-corrected chi connectivity index (χ1v) is 5.44. The van der Waals surface area contributed by atoms with Crippen LogP contribution in [0, 0.1) is 20.2 Å². The maximum atomic E-state index is 11.0. The summed E-state index contributed by atoms with van der Waals surface area (Å²) in [6.07, 6.45) is -1.20. The summed E-state index contributed by atoms with van der Waals surface area (Å²) in [5.41, 5.74) is -1.46. The fraction of sp³-hybridized carbons (Fsp3) is 0.400. The van der Waals surface area contributed by atoms with E-state index in [1.54, 1.807) is 0 Å². The molecule has 0 aliphatic heterocycles. The second-order valence-corrected chi connectivity index (χ2v) is 3.77. The molecule has 0 aliphatic carbocycles. The van der Waals surface area contributed by atoms with Gasteiger partial charge < -0.3 is 20.3 Å². The molecule has 0 aliphatic rings. The van der Waals surface area contributed by atoms with Gasteiger partial charge in [0.25, 0.3) is 0 Å². The Bertz CT molecular complexity index is 485. The van der Waals surface area contributed by atoms with E-state index in [0.29, 0.717) is 0 Å². The van der Waals surface area contributed by atoms with Crippen molar-refractivity contribution in [3.8, 4) is 5.75 Å². The Hall–Kier alpha value is -2.46. The molecule has 10 nitrogen and oxygen atoms in total. The van der Waals surface area contributed by atoms with Crippen LogP contribution in [0.15, 0.2) is 12.1 Å². The molecule has 1 rings (SSSR count). The van der Waals surface area contributed by atoms with Crippen LogP contribution in [0.4, 0.5) is 17.1 Å². The summed E-state index contributed by atoms with van der Waals surface area (Å²) in [5, 5.41) is 42.2. The summed E-state index contributed by atoms with van der Waals surface area (Å²) < 4.78 is 4.77. The van der Waals surface area contributed by atoms with Gasteiger partial charge in [-0.05, 0) is 0 Å². The molecule has 0 saturated carbocycles. The third-order valence-electron chi connectivity index (χ3n) is 2.42. The molecule has 0 bridgehead atoms. The van der Waals surface area contributed by atoms with E-state index in [1.165, 1.54) is 7.11 Å². The standard InChI is InChI=1S/C10H13N3O7/c1-20-7-2-8(12(16)17)10(9(3-7)13(18)19)11-4-6(15)5-14/h2-3,6,11,14-15H,4-5H2,1H3. The van der Waals surface area contributed by atoms with Gasteiger partial charge in [-0.2, -0.15) is 0 Å². The minimum Gasteiger partial charge on any atom is -0.496 e. The molecule has 0 radical (unpaired) electrons. The average molecular weight is 287 g/mol. The van der Waals surface area contributed by atoms with Crippen LogP contribution in [0.3, 0.4) is 0 Å². The summed E-state index contributed by atoms with van der Waals surface area (Å²) >= 11 is 0. The number of anilines is 1. The Balaban J connectivity index is 3.28. The number of methoxy groups -OCH3 is 1. The third-order valence-corrected chi connectivity index (χ3v) is 2.42. The Morgan fingerprint density at radius 2 is 1.80 bits per heavy atom. The van der Waals surface area contributed by atoms with Crippen molar-refractivity contribution in [1.82, 2.24) is 0 Å². The second-order valence-electron chi connectivity index (χ2n) is 3.77. The molecule has 0 heterocycles. The molecule has 110 valence electrons. The zero-order chi connectivity index (χ0) is 15.3. The van der Waals surface area contributed by atoms with Gasteiger partial charge in [0.1, 0.15) is 5.75 Å². The minimum absolute atomic E-state index is 0.0309. The lowest BCUT2D eigenvalue weighted by Gasteiger charge is -2.11. The molecular weight excluding hydrogens is 274 g/mol. The van der Waals surface area contributed by atoms with Gasteiger partial charge in [0.05, 0.1) is 41.8 Å². The highest BCUT2D eigenvalue weighted by atomic mass is 16.6. The van der Waals surface area contributed by atoms with Crippen LogP contribution in [0.5, 0.6) is 5.75 Å². The van der Waals surface area contributed by atoms with Crippen molar-refractivity contribution < 1.29 is 24.8 Å². The maximum absolute atomic E-state index is 11.0. The number of aliphatic hydroxyl groups is 2. The molecule has 3 N–H and O–H groups in total. The first kappa shape index (κ1) is 15.6. The molecule has 1 aromatic rings. The average Bonchev–Trinajstić information content (AvgIpc) is 2.43. The van der Waals surface area contributed by atoms with Crippen molar-refractivity contribution in [2.75, 3.05) is 25.6 Å². The largest absolute Gasteiger partial charge is 0.496 e. The molecule has 0 aromatic heterocycles. The molecule has 10 heteroatoms. The highest BCUT2D eigenvalue weighted by molar-refractivity contribution is 5.75. The lowest BCUT2D eigenvalue weighted by Crippen LogP contribution is -2.23. The van der Waals surface area contributed by atoms with Crippen molar-refractivity contribution >= 4 is 17.1 Å². The maximum Gasteiger partial charge on any atom is 0.303 e. The second kappa shape index (κ2) is 6.63. The van der Waals surface area contributed by atoms with Crippen LogP contribution in [0.25, 0.3) is 0 Å². The third kappa shape index (κ3) is 3.52. The van der Waals surface area contributed by atoms with E-state index in [1.807, 2.05) is 0 Å². The lowest BCUT2D eigenvalue weighted by molar-refractivity contribution is -0.392. The van der Waals surface area contributed by atoms with E-state index in [9.17, 15) is 25.3 Å². The predicted octanol–water partition coefficient (Wildman–Crippen LogP) is 0.277. The molecule has 1 atom stereocenters. The summed E-state index contributed by atoms with van der Waals surface area (Å²) in [7, 11) is 1.23. The minimum atomic E-state index is -1.20. The van der Waals surface area contributed by atoms with Crippen molar-refractivity contribution in [2.45, 2.75) is 6.10 Å². The summed E-state index contributed by atoms with van der Waals surface area (Å²) in [6, 6.07) is 2.06. The molecule has 1 aromatic carbocycles. The van der Waals surface area contributed by atoms with Crippen molar-refractivity contribution in [1.29, 1.82) is 0 Å². The Morgan fingerprint density at radius 1 is 1.30 bits per heavy atom. The van der Waals surface area contributed by atoms with Crippen molar-refractivity contribution in [3.63, 3.8) is 0 Å². The zero-order valence-electron chi connectivity index (χ0n) is 10.5. The van der Waals surface area contributed by atoms with E-state index in [4.69, 9.17) is 9.84 Å². The number of hydrogen-bond acceptors (Lipinski definition) is 8. The van der Waals surface area contributed by atoms with E-state index in [2.05, 4.69) is 5.32 Å². The molecule has 0 spiro atoms. The number of ether oxygens (including phenoxy) is 1. The van der Waals surface area contributed by atoms with Gasteiger partial charge in [-0.15, -0.1) is 0 Å². The van der Waals surface area contributed by atoms with Gasteiger partial charge in [0.2, 0.25) is 0 Å². The molecule has 0 fully saturated rings. The number of nitro groups is 2. The van der Waals surface area contributed by atoms with Crippen LogP contribution >= 0.6 is 0 Å². The molecule has 0 saturated heterocycles. The molecule has 1 unspecified atom stereocenters. The van der Waals surface area contributed by atoms with Gasteiger partial charge in [-0.25, -0.2) is 0 Å². The van der Waals surface area contributed by atoms with Gasteiger partial charge in [-0.3, -0.25) is 20.2 Å². The van der Waals surface area contributed by atoms with Crippen molar-refractivity contribution in [2.24, 2.45) is 0 Å². The number of rotatable bonds is 7. The first-order chi connectivity index (χ1) is 9.40. The van der Waals surface area contributed by atoms with E-state index in [0.717, 1.165) is 12.1 Å². The molecule has 20 heavy (non-hydrogen) atoms. The Labute approximate surface area is 112 Å². The number of hydrogen-bond donors (Lipinski definition) is 3. The van der Waals surface area contributed by atoms with Gasteiger partial charge in [0.15, 0.2) is 5.69 Å². The topological polar surface area (TPSA) is 148 Å². The first-order valence-electron chi connectivity index (χ1n) is 5.44. The van der Waals surface area contributed by atoms with Crippen LogP contribution in [0.2, 0.25) is 0 Å². The summed E-state index contributed by atoms with van der Waals surface area (Å²) in [6.45, 7) is -0.852. The predicted molar refractivity (Wildman–Crippen MR) is 67.9 cm³/mol. The van der Waals surface area contributed by atoms with E-state index in [-0.39, 0.29) is 18.0 Å². The normalized spacial score (nSPS) is 11.8. The quantitative estimate of drug-likeness (QED) is 0.478. The molecule has 0 amide bonds. The van der Waals surface area contributed by atoms with Gasteiger partial charge >= 0.3 is 11.4 Å². The van der Waals surface area contributed by atoms with Crippen LogP contribution in [0.1, 0.15) is 0 Å². The van der Waals surface area contributed by atoms with E-state index >= 15 is 0 Å². The lowest BCUT2D eigenvalue weighted by atomic mass is 10.2. The number of nitrogens with one attached hydrogen (secondary N) is 1. The van der Waals surface area contributed by atoms with Crippen LogP contribution < -0.4 is 10.1 Å². The fourth-order valence-electron chi connectivity index (χ4n) is 1.46. The smallest absolute Gasteiger partial charge is 0.303 e. The van der Waals surface area contributed by atoms with Crippen LogP contribution in [-0.2, 0) is 0 Å². The number of nitro benzene ring substituents is 2. The van der Waals surface area contributed by atoms with Crippen molar-refractivity contribution in [3.05, 3.63) is 32.4 Å².